The molecule has 2 heterocycles. The van der Waals surface area contributed by atoms with Gasteiger partial charge in [0.15, 0.2) is 16.6 Å². The summed E-state index contributed by atoms with van der Waals surface area (Å²) in [7, 11) is 1.66. The summed E-state index contributed by atoms with van der Waals surface area (Å²) in [4.78, 5) is 6.85. The molecule has 1 aromatic heterocycles. The molecule has 1 saturated heterocycles. The normalized spacial score (nSPS) is 15.2. The highest BCUT2D eigenvalue weighted by molar-refractivity contribution is 7.80. The lowest BCUT2D eigenvalue weighted by atomic mass is 9.97. The minimum atomic E-state index is 0.349. The number of benzene rings is 2. The molecule has 0 unspecified atom stereocenters. The highest BCUT2D eigenvalue weighted by atomic mass is 32.1. The maximum atomic E-state index is 5.93. The van der Waals surface area contributed by atoms with Crippen molar-refractivity contribution in [3.63, 3.8) is 0 Å². The summed E-state index contributed by atoms with van der Waals surface area (Å²) in [5.74, 6) is 2.03. The zero-order chi connectivity index (χ0) is 17.9. The Bertz CT molecular complexity index is 866. The molecule has 0 aliphatic carbocycles. The Balaban J connectivity index is 1.35. The number of methoxy groups -OCH3 is 1. The summed E-state index contributed by atoms with van der Waals surface area (Å²) in [6, 6.07) is 15.7. The van der Waals surface area contributed by atoms with E-state index in [1.54, 1.807) is 7.11 Å². The molecule has 2 aromatic carbocycles. The van der Waals surface area contributed by atoms with Gasteiger partial charge in [-0.3, -0.25) is 0 Å². The number of aromatic nitrogens is 1. The number of ether oxygens (including phenoxy) is 1. The van der Waals surface area contributed by atoms with Gasteiger partial charge in [0.1, 0.15) is 11.3 Å². The molecule has 134 valence electrons. The quantitative estimate of drug-likeness (QED) is 0.692. The van der Waals surface area contributed by atoms with E-state index in [4.69, 9.17) is 21.4 Å². The topological polar surface area (TPSA) is 50.5 Å². The number of anilines is 1. The molecule has 0 amide bonds. The number of thiocarbonyl (C=S) groups is 1. The number of para-hydroxylation sites is 2. The van der Waals surface area contributed by atoms with Gasteiger partial charge in [0.25, 0.3) is 0 Å². The second kappa shape index (κ2) is 7.33. The average molecular weight is 367 g/mol. The van der Waals surface area contributed by atoms with Crippen LogP contribution in [0.4, 0.5) is 5.69 Å². The van der Waals surface area contributed by atoms with E-state index < -0.39 is 0 Å². The van der Waals surface area contributed by atoms with Gasteiger partial charge in [-0.15, -0.1) is 0 Å². The van der Waals surface area contributed by atoms with E-state index in [9.17, 15) is 0 Å². The summed E-state index contributed by atoms with van der Waals surface area (Å²) >= 11 is 5.57. The number of hydrogen-bond donors (Lipinski definition) is 1. The minimum Gasteiger partial charge on any atom is -0.497 e. The maximum Gasteiger partial charge on any atom is 0.198 e. The van der Waals surface area contributed by atoms with Crippen molar-refractivity contribution >= 4 is 34.1 Å². The predicted molar refractivity (Wildman–Crippen MR) is 107 cm³/mol. The number of piperidine rings is 1. The molecule has 1 aliphatic rings. The van der Waals surface area contributed by atoms with Gasteiger partial charge in [0, 0.05) is 24.7 Å². The van der Waals surface area contributed by atoms with E-state index in [0.717, 1.165) is 59.5 Å². The molecule has 5 nitrogen and oxygen atoms in total. The molecule has 26 heavy (non-hydrogen) atoms. The molecule has 3 aromatic rings. The molecule has 1 N–H and O–H groups in total. The fourth-order valence-corrected chi connectivity index (χ4v) is 3.57. The van der Waals surface area contributed by atoms with Gasteiger partial charge in [-0.05, 0) is 61.5 Å². The van der Waals surface area contributed by atoms with Crippen molar-refractivity contribution in [3.8, 4) is 5.75 Å². The Hall–Kier alpha value is -2.60. The fraction of sp³-hybridized carbons (Fsp3) is 0.300. The zero-order valence-electron chi connectivity index (χ0n) is 14.6. The van der Waals surface area contributed by atoms with Crippen LogP contribution in [0.15, 0.2) is 52.9 Å². The molecule has 0 bridgehead atoms. The third-order valence-corrected chi connectivity index (χ3v) is 5.14. The Labute approximate surface area is 158 Å². The Morgan fingerprint density at radius 2 is 1.88 bits per heavy atom. The van der Waals surface area contributed by atoms with Gasteiger partial charge in [0.2, 0.25) is 0 Å². The fourth-order valence-electron chi connectivity index (χ4n) is 3.27. The van der Waals surface area contributed by atoms with Crippen LogP contribution in [0, 0.1) is 0 Å². The first-order valence-corrected chi connectivity index (χ1v) is 9.19. The number of nitrogens with one attached hydrogen (secondary N) is 1. The van der Waals surface area contributed by atoms with Gasteiger partial charge in [-0.25, -0.2) is 4.98 Å². The molecule has 0 saturated carbocycles. The maximum absolute atomic E-state index is 5.93. The van der Waals surface area contributed by atoms with E-state index in [1.165, 1.54) is 0 Å². The first kappa shape index (κ1) is 16.8. The summed E-state index contributed by atoms with van der Waals surface area (Å²) in [5, 5.41) is 4.06. The summed E-state index contributed by atoms with van der Waals surface area (Å²) < 4.78 is 11.1. The molecule has 1 fully saturated rings. The second-order valence-electron chi connectivity index (χ2n) is 6.44. The molecule has 0 spiro atoms. The minimum absolute atomic E-state index is 0.349. The zero-order valence-corrected chi connectivity index (χ0v) is 15.5. The van der Waals surface area contributed by atoms with Crippen molar-refractivity contribution in [2.45, 2.75) is 18.8 Å². The first-order valence-electron chi connectivity index (χ1n) is 8.78. The number of likely N-dealkylation sites (tertiary alicyclic amines) is 1. The SMILES string of the molecule is COc1ccc(NC(=S)N2CCC(c3nc4ccccc4o3)CC2)cc1. The van der Waals surface area contributed by atoms with Crippen LogP contribution in [0.3, 0.4) is 0 Å². The number of fused-ring (bicyclic) bond motifs is 1. The van der Waals surface area contributed by atoms with Gasteiger partial charge in [-0.2, -0.15) is 0 Å². The monoisotopic (exact) mass is 367 g/mol. The molecular weight excluding hydrogens is 346 g/mol. The predicted octanol–water partition coefficient (Wildman–Crippen LogP) is 4.41. The standard InChI is InChI=1S/C20H21N3O2S/c1-24-16-8-6-15(7-9-16)21-20(26)23-12-10-14(11-13-23)19-22-17-4-2-3-5-18(17)25-19/h2-9,14H,10-13H2,1H3,(H,21,26). The highest BCUT2D eigenvalue weighted by Gasteiger charge is 2.25. The van der Waals surface area contributed by atoms with Crippen molar-refractivity contribution in [1.29, 1.82) is 0 Å². The number of nitrogens with zero attached hydrogens (tertiary/aromatic N) is 2. The average Bonchev–Trinajstić information content (AvgIpc) is 3.13. The van der Waals surface area contributed by atoms with Crippen molar-refractivity contribution in [2.75, 3.05) is 25.5 Å². The van der Waals surface area contributed by atoms with Gasteiger partial charge in [0.05, 0.1) is 7.11 Å². The van der Waals surface area contributed by atoms with Crippen LogP contribution in [0.5, 0.6) is 5.75 Å². The molecular formula is C20H21N3O2S. The van der Waals surface area contributed by atoms with Crippen LogP contribution < -0.4 is 10.1 Å². The number of oxazole rings is 1. The Kier molecular flexibility index (Phi) is 4.75. The van der Waals surface area contributed by atoms with E-state index in [0.29, 0.717) is 5.92 Å². The van der Waals surface area contributed by atoms with E-state index in [-0.39, 0.29) is 0 Å². The molecule has 0 atom stereocenters. The van der Waals surface area contributed by atoms with Crippen LogP contribution >= 0.6 is 12.2 Å². The van der Waals surface area contributed by atoms with Gasteiger partial charge < -0.3 is 19.4 Å². The highest BCUT2D eigenvalue weighted by Crippen LogP contribution is 2.30. The second-order valence-corrected chi connectivity index (χ2v) is 6.83. The lowest BCUT2D eigenvalue weighted by Crippen LogP contribution is -2.40. The first-order chi connectivity index (χ1) is 12.7. The molecule has 0 radical (unpaired) electrons. The van der Waals surface area contributed by atoms with E-state index in [1.807, 2.05) is 48.5 Å². The van der Waals surface area contributed by atoms with Crippen LogP contribution in [-0.2, 0) is 0 Å². The number of rotatable bonds is 3. The Morgan fingerprint density at radius 1 is 1.15 bits per heavy atom. The van der Waals surface area contributed by atoms with Crippen LogP contribution in [0.25, 0.3) is 11.1 Å². The van der Waals surface area contributed by atoms with Crippen molar-refractivity contribution in [2.24, 2.45) is 0 Å². The summed E-state index contributed by atoms with van der Waals surface area (Å²) in [5.41, 5.74) is 2.76. The van der Waals surface area contributed by atoms with Gasteiger partial charge in [-0.1, -0.05) is 12.1 Å². The van der Waals surface area contributed by atoms with Crippen LogP contribution in [-0.4, -0.2) is 35.2 Å². The third-order valence-electron chi connectivity index (χ3n) is 4.78. The van der Waals surface area contributed by atoms with E-state index >= 15 is 0 Å². The summed E-state index contributed by atoms with van der Waals surface area (Å²) in [6.07, 6.45) is 1.97. The Morgan fingerprint density at radius 3 is 2.58 bits per heavy atom. The summed E-state index contributed by atoms with van der Waals surface area (Å²) in [6.45, 7) is 1.79. The lowest BCUT2D eigenvalue weighted by Gasteiger charge is -2.32. The van der Waals surface area contributed by atoms with Crippen molar-refractivity contribution < 1.29 is 9.15 Å². The van der Waals surface area contributed by atoms with Crippen molar-refractivity contribution in [1.82, 2.24) is 9.88 Å². The smallest absolute Gasteiger partial charge is 0.198 e. The molecule has 1 aliphatic heterocycles. The van der Waals surface area contributed by atoms with Gasteiger partial charge >= 0.3 is 0 Å². The van der Waals surface area contributed by atoms with Crippen LogP contribution in [0.2, 0.25) is 0 Å². The lowest BCUT2D eigenvalue weighted by molar-refractivity contribution is 0.290. The molecule has 6 heteroatoms. The van der Waals surface area contributed by atoms with E-state index in [2.05, 4.69) is 15.2 Å². The third kappa shape index (κ3) is 3.51. The molecule has 4 rings (SSSR count). The number of hydrogen-bond acceptors (Lipinski definition) is 4. The van der Waals surface area contributed by atoms with Crippen molar-refractivity contribution in [3.05, 3.63) is 54.4 Å². The van der Waals surface area contributed by atoms with Crippen LogP contribution in [0.1, 0.15) is 24.7 Å². The largest absolute Gasteiger partial charge is 0.497 e.